The van der Waals surface area contributed by atoms with Crippen molar-refractivity contribution in [2.24, 2.45) is 0 Å². The van der Waals surface area contributed by atoms with Gasteiger partial charge in [0.1, 0.15) is 31.0 Å². The molecule has 8 nitrogen and oxygen atoms in total. The van der Waals surface area contributed by atoms with Crippen molar-refractivity contribution in [3.63, 3.8) is 0 Å². The summed E-state index contributed by atoms with van der Waals surface area (Å²) in [5, 5.41) is 12.8. The molecule has 3 amide bonds. The zero-order valence-corrected chi connectivity index (χ0v) is 27.4. The van der Waals surface area contributed by atoms with Gasteiger partial charge >= 0.3 is 24.3 Å². The molecule has 1 heterocycles. The van der Waals surface area contributed by atoms with E-state index in [0.29, 0.717) is 28.9 Å². The molecule has 2 N–H and O–H groups in total. The first-order valence-electron chi connectivity index (χ1n) is 15.8. The van der Waals surface area contributed by atoms with Gasteiger partial charge in [-0.1, -0.05) is 72.8 Å². The fraction of sp³-hybridized carbons (Fsp3) is 0.289. The molecule has 0 bridgehead atoms. The summed E-state index contributed by atoms with van der Waals surface area (Å²) in [6, 6.07) is 26.0. The van der Waals surface area contributed by atoms with Crippen LogP contribution in [0, 0.1) is 0 Å². The molecule has 2 atom stereocenters. The third-order valence-electron chi connectivity index (χ3n) is 8.38. The van der Waals surface area contributed by atoms with Crippen molar-refractivity contribution in [3.8, 4) is 16.9 Å². The highest BCUT2D eigenvalue weighted by Gasteiger charge is 2.51. The summed E-state index contributed by atoms with van der Waals surface area (Å²) < 4.78 is 49.7. The number of carbonyl (C=O) groups excluding carboxylic acids is 2. The van der Waals surface area contributed by atoms with E-state index >= 15 is 0 Å². The monoisotopic (exact) mass is 675 g/mol. The SMILES string of the molecule is CC(C)(C)OC(=O)[N+]1(C(=O)NCC(C(=O)O)c2ccc(-c3ccccc3)cc2)CCc2ccc(OCc3ccc(C(F)(F)F)cc3)cc2C1. The standard InChI is InChI=1S/C38H37F3N2O6/c1-37(2,3)49-36(47)43(35(46)42-22-33(34(44)45)29-13-11-27(12-14-29)26-7-5-4-6-8-26)20-19-28-15-18-32(21-30(28)23-43)48-24-25-9-16-31(17-10-25)38(39,40)41/h4-18,21,33H,19-20,22-24H2,1-3H3,(H-,42,44,45,46)/p+1. The van der Waals surface area contributed by atoms with Gasteiger partial charge in [0.25, 0.3) is 0 Å². The average Bonchev–Trinajstić information content (AvgIpc) is 3.06. The molecule has 4 aromatic rings. The number of carboxylic acid groups (broad SMARTS) is 1. The van der Waals surface area contributed by atoms with Gasteiger partial charge in [-0.2, -0.15) is 18.0 Å². The van der Waals surface area contributed by atoms with Crippen LogP contribution in [0.2, 0.25) is 0 Å². The van der Waals surface area contributed by atoms with E-state index in [4.69, 9.17) is 9.47 Å². The fourth-order valence-electron chi connectivity index (χ4n) is 5.71. The van der Waals surface area contributed by atoms with Gasteiger partial charge in [-0.3, -0.25) is 4.79 Å². The molecule has 0 radical (unpaired) electrons. The zero-order valence-electron chi connectivity index (χ0n) is 27.4. The van der Waals surface area contributed by atoms with Crippen LogP contribution in [0.1, 0.15) is 54.5 Å². The summed E-state index contributed by atoms with van der Waals surface area (Å²) in [5.74, 6) is -1.79. The maximum Gasteiger partial charge on any atom is 0.526 e. The third-order valence-corrected chi connectivity index (χ3v) is 8.38. The Balaban J connectivity index is 1.34. The molecule has 0 spiro atoms. The third kappa shape index (κ3) is 8.47. The Bertz CT molecular complexity index is 1800. The maximum atomic E-state index is 14.0. The van der Waals surface area contributed by atoms with Crippen LogP contribution in [-0.2, 0) is 35.3 Å². The molecule has 1 aliphatic heterocycles. The Morgan fingerprint density at radius 2 is 1.51 bits per heavy atom. The summed E-state index contributed by atoms with van der Waals surface area (Å²) in [5.41, 5.74) is 2.83. The molecule has 0 saturated carbocycles. The molecular weight excluding hydrogens is 637 g/mol. The summed E-state index contributed by atoms with van der Waals surface area (Å²) in [6.45, 7) is 4.86. The summed E-state index contributed by atoms with van der Waals surface area (Å²) in [4.78, 5) is 40.1. The van der Waals surface area contributed by atoms with E-state index in [-0.39, 0.29) is 26.2 Å². The fourth-order valence-corrected chi connectivity index (χ4v) is 5.71. The minimum absolute atomic E-state index is 0.00633. The van der Waals surface area contributed by atoms with Crippen molar-refractivity contribution < 1.29 is 46.6 Å². The Morgan fingerprint density at radius 3 is 2.12 bits per heavy atom. The highest BCUT2D eigenvalue weighted by atomic mass is 19.4. The lowest BCUT2D eigenvalue weighted by atomic mass is 9.96. The quantitative estimate of drug-likeness (QED) is 0.182. The number of rotatable bonds is 8. The Morgan fingerprint density at radius 1 is 0.857 bits per heavy atom. The largest absolute Gasteiger partial charge is 0.526 e. The smallest absolute Gasteiger partial charge is 0.489 e. The molecule has 0 fully saturated rings. The van der Waals surface area contributed by atoms with E-state index in [1.54, 1.807) is 45.0 Å². The van der Waals surface area contributed by atoms with E-state index in [0.717, 1.165) is 28.8 Å². The number of ether oxygens (including phenoxy) is 2. The van der Waals surface area contributed by atoms with Gasteiger partial charge < -0.3 is 19.9 Å². The minimum Gasteiger partial charge on any atom is -0.489 e. The Labute approximate surface area is 282 Å². The van der Waals surface area contributed by atoms with Crippen LogP contribution >= 0.6 is 0 Å². The van der Waals surface area contributed by atoms with Crippen LogP contribution in [0.4, 0.5) is 22.8 Å². The van der Waals surface area contributed by atoms with Crippen molar-refractivity contribution in [3.05, 3.63) is 125 Å². The lowest BCUT2D eigenvalue weighted by molar-refractivity contribution is -0.795. The topological polar surface area (TPSA) is 102 Å². The number of nitrogens with one attached hydrogen (secondary N) is 1. The number of carbonyl (C=O) groups is 3. The number of quaternary nitrogens is 1. The van der Waals surface area contributed by atoms with Crippen LogP contribution in [0.25, 0.3) is 11.1 Å². The second kappa shape index (κ2) is 14.1. The highest BCUT2D eigenvalue weighted by molar-refractivity contribution is 5.82. The van der Waals surface area contributed by atoms with Gasteiger partial charge in [0.2, 0.25) is 0 Å². The first-order chi connectivity index (χ1) is 23.1. The normalized spacial score (nSPS) is 16.6. The van der Waals surface area contributed by atoms with Crippen LogP contribution in [-0.4, -0.2) is 46.4 Å². The van der Waals surface area contributed by atoms with Gasteiger partial charge in [0, 0.05) is 18.5 Å². The number of hydrogen-bond acceptors (Lipinski definition) is 5. The van der Waals surface area contributed by atoms with Gasteiger partial charge in [0.15, 0.2) is 0 Å². The predicted molar refractivity (Wildman–Crippen MR) is 177 cm³/mol. The summed E-state index contributed by atoms with van der Waals surface area (Å²) in [7, 11) is 0. The summed E-state index contributed by atoms with van der Waals surface area (Å²) in [6.07, 6.45) is -4.86. The highest BCUT2D eigenvalue weighted by Crippen LogP contribution is 2.33. The molecule has 49 heavy (non-hydrogen) atoms. The number of carboxylic acids is 1. The maximum absolute atomic E-state index is 14.0. The Kier molecular flexibility index (Phi) is 10.1. The first-order valence-corrected chi connectivity index (χ1v) is 15.8. The van der Waals surface area contributed by atoms with Crippen LogP contribution < -0.4 is 10.1 Å². The lowest BCUT2D eigenvalue weighted by Crippen LogP contribution is -2.63. The molecule has 256 valence electrons. The van der Waals surface area contributed by atoms with Crippen LogP contribution in [0.15, 0.2) is 97.1 Å². The van der Waals surface area contributed by atoms with Crippen molar-refractivity contribution in [1.82, 2.24) is 5.32 Å². The van der Waals surface area contributed by atoms with E-state index in [1.165, 1.54) is 12.1 Å². The van der Waals surface area contributed by atoms with Crippen molar-refractivity contribution in [2.75, 3.05) is 13.1 Å². The Hall–Kier alpha value is -5.16. The number of aliphatic carboxylic acids is 1. The number of imide groups is 1. The van der Waals surface area contributed by atoms with Gasteiger partial charge in [-0.15, -0.1) is 4.48 Å². The predicted octanol–water partition coefficient (Wildman–Crippen LogP) is 8.34. The molecule has 2 unspecified atom stereocenters. The van der Waals surface area contributed by atoms with Crippen molar-refractivity contribution >= 4 is 18.1 Å². The van der Waals surface area contributed by atoms with Crippen LogP contribution in [0.3, 0.4) is 0 Å². The average molecular weight is 676 g/mol. The number of fused-ring (bicyclic) bond motifs is 1. The summed E-state index contributed by atoms with van der Waals surface area (Å²) >= 11 is 0. The van der Waals surface area contributed by atoms with E-state index in [2.05, 4.69) is 5.32 Å². The van der Waals surface area contributed by atoms with Gasteiger partial charge in [-0.25, -0.2) is 4.79 Å². The molecule has 0 saturated heterocycles. The number of halogens is 3. The second-order valence-electron chi connectivity index (χ2n) is 13.1. The van der Waals surface area contributed by atoms with Gasteiger partial charge in [0.05, 0.1) is 11.5 Å². The van der Waals surface area contributed by atoms with Gasteiger partial charge in [-0.05, 0) is 72.9 Å². The number of benzene rings is 4. The molecule has 1 aliphatic rings. The second-order valence-corrected chi connectivity index (χ2v) is 13.1. The van der Waals surface area contributed by atoms with E-state index in [1.807, 2.05) is 48.5 Å². The van der Waals surface area contributed by atoms with E-state index in [9.17, 15) is 32.7 Å². The zero-order chi connectivity index (χ0) is 35.4. The van der Waals surface area contributed by atoms with Crippen molar-refractivity contribution in [2.45, 2.75) is 58.0 Å². The molecule has 11 heteroatoms. The molecule has 5 rings (SSSR count). The number of amides is 3. The lowest BCUT2D eigenvalue weighted by Gasteiger charge is -2.37. The van der Waals surface area contributed by atoms with E-state index < -0.39 is 45.8 Å². The molecule has 4 aromatic carbocycles. The number of alkyl halides is 3. The molecule has 0 aromatic heterocycles. The first kappa shape index (κ1) is 35.2. The molecular formula is C38H38F3N2O6+. The number of nitrogens with zero attached hydrogens (tertiary/aromatic N) is 1. The minimum atomic E-state index is -4.44. The molecule has 0 aliphatic carbocycles. The van der Waals surface area contributed by atoms with Crippen molar-refractivity contribution in [1.29, 1.82) is 0 Å². The number of hydrogen-bond donors (Lipinski definition) is 2. The van der Waals surface area contributed by atoms with Crippen LogP contribution in [0.5, 0.6) is 5.75 Å². The number of urea groups is 1.